The highest BCUT2D eigenvalue weighted by Gasteiger charge is 1.94. The molecule has 0 bridgehead atoms. The molecule has 0 saturated carbocycles. The van der Waals surface area contributed by atoms with Crippen LogP contribution in [0.15, 0.2) is 0 Å². The Hall–Kier alpha value is 0.350. The van der Waals surface area contributed by atoms with Gasteiger partial charge in [-0.05, 0) is 17.4 Å². The zero-order chi connectivity index (χ0) is 6.41. The van der Waals surface area contributed by atoms with Crippen LogP contribution in [0, 0.1) is 5.92 Å². The van der Waals surface area contributed by atoms with E-state index in [4.69, 9.17) is 0 Å². The van der Waals surface area contributed by atoms with Crippen LogP contribution in [0.1, 0.15) is 27.2 Å². The maximum absolute atomic E-state index is 2.31. The van der Waals surface area contributed by atoms with E-state index in [1.54, 1.807) is 0 Å². The van der Waals surface area contributed by atoms with Crippen molar-refractivity contribution in [2.24, 2.45) is 5.92 Å². The van der Waals surface area contributed by atoms with Crippen molar-refractivity contribution in [2.45, 2.75) is 27.2 Å². The highest BCUT2D eigenvalue weighted by molar-refractivity contribution is 7.99. The molecular weight excluding hydrogens is 116 g/mol. The van der Waals surface area contributed by atoms with Gasteiger partial charge in [-0.15, -0.1) is 0 Å². The summed E-state index contributed by atoms with van der Waals surface area (Å²) < 4.78 is 0. The lowest BCUT2D eigenvalue weighted by Gasteiger charge is -2.04. The molecule has 0 fully saturated rings. The first-order valence-corrected chi connectivity index (χ1v) is 4.54. The molecule has 1 atom stereocenters. The summed E-state index contributed by atoms with van der Waals surface area (Å²) in [5.41, 5.74) is 0. The highest BCUT2D eigenvalue weighted by atomic mass is 32.2. The highest BCUT2D eigenvalue weighted by Crippen LogP contribution is 2.09. The van der Waals surface area contributed by atoms with Gasteiger partial charge >= 0.3 is 0 Å². The summed E-state index contributed by atoms with van der Waals surface area (Å²) in [5.74, 6) is 3.53. The van der Waals surface area contributed by atoms with Gasteiger partial charge in [0.05, 0.1) is 0 Å². The van der Waals surface area contributed by atoms with Crippen LogP contribution in [-0.2, 0) is 0 Å². The van der Waals surface area contributed by atoms with Gasteiger partial charge in [0.25, 0.3) is 0 Å². The summed E-state index contributed by atoms with van der Waals surface area (Å²) in [6.45, 7) is 6.77. The third-order valence-electron chi connectivity index (χ3n) is 1.30. The van der Waals surface area contributed by atoms with Gasteiger partial charge in [-0.3, -0.25) is 0 Å². The van der Waals surface area contributed by atoms with Crippen LogP contribution < -0.4 is 0 Å². The van der Waals surface area contributed by atoms with Gasteiger partial charge in [0.15, 0.2) is 0 Å². The van der Waals surface area contributed by atoms with Crippen LogP contribution in [0.2, 0.25) is 0 Å². The van der Waals surface area contributed by atoms with E-state index in [0.717, 1.165) is 5.92 Å². The smallest absolute Gasteiger partial charge is 0.00420 e. The first-order valence-electron chi connectivity index (χ1n) is 3.39. The fraction of sp³-hybridized carbons (Fsp3) is 1.00. The quantitative estimate of drug-likeness (QED) is 0.567. The van der Waals surface area contributed by atoms with E-state index < -0.39 is 0 Å². The Bertz CT molecular complexity index is 43.7. The average Bonchev–Trinajstić information content (AvgIpc) is 1.83. The second-order valence-electron chi connectivity index (χ2n) is 2.17. The Morgan fingerprint density at radius 2 is 2.00 bits per heavy atom. The Morgan fingerprint density at radius 1 is 1.38 bits per heavy atom. The summed E-state index contributed by atoms with van der Waals surface area (Å²) in [5, 5.41) is 0. The summed E-state index contributed by atoms with van der Waals surface area (Å²) in [7, 11) is 0. The predicted molar refractivity (Wildman–Crippen MR) is 42.5 cm³/mol. The third kappa shape index (κ3) is 4.51. The van der Waals surface area contributed by atoms with E-state index in [1.807, 2.05) is 11.8 Å². The molecule has 8 heavy (non-hydrogen) atoms. The Morgan fingerprint density at radius 3 is 2.38 bits per heavy atom. The molecule has 0 aliphatic rings. The van der Waals surface area contributed by atoms with Crippen molar-refractivity contribution in [3.05, 3.63) is 0 Å². The van der Waals surface area contributed by atoms with E-state index in [0.29, 0.717) is 0 Å². The predicted octanol–water partition coefficient (Wildman–Crippen LogP) is 2.79. The van der Waals surface area contributed by atoms with E-state index in [2.05, 4.69) is 20.8 Å². The van der Waals surface area contributed by atoms with Crippen molar-refractivity contribution in [1.82, 2.24) is 0 Å². The largest absolute Gasteiger partial charge is 0.162 e. The van der Waals surface area contributed by atoms with Crippen molar-refractivity contribution in [1.29, 1.82) is 0 Å². The van der Waals surface area contributed by atoms with E-state index in [-0.39, 0.29) is 0 Å². The molecule has 0 aromatic rings. The fourth-order valence-corrected chi connectivity index (χ4v) is 1.31. The Labute approximate surface area is 57.1 Å². The number of hydrogen-bond donors (Lipinski definition) is 0. The van der Waals surface area contributed by atoms with Crippen LogP contribution in [0.5, 0.6) is 0 Å². The molecule has 0 aromatic heterocycles. The lowest BCUT2D eigenvalue weighted by molar-refractivity contribution is 0.637. The number of rotatable bonds is 4. The molecule has 0 nitrogen and oxygen atoms in total. The summed E-state index contributed by atoms with van der Waals surface area (Å²) in [6, 6.07) is 0. The van der Waals surface area contributed by atoms with Crippen molar-refractivity contribution in [2.75, 3.05) is 11.5 Å². The zero-order valence-corrected chi connectivity index (χ0v) is 6.92. The molecular formula is C7H16S. The molecule has 0 N–H and O–H groups in total. The molecule has 0 unspecified atom stereocenters. The van der Waals surface area contributed by atoms with Crippen molar-refractivity contribution >= 4 is 11.8 Å². The van der Waals surface area contributed by atoms with Crippen LogP contribution in [0.25, 0.3) is 0 Å². The molecule has 0 saturated heterocycles. The number of hydrogen-bond acceptors (Lipinski definition) is 1. The van der Waals surface area contributed by atoms with Crippen LogP contribution in [0.3, 0.4) is 0 Å². The van der Waals surface area contributed by atoms with Crippen LogP contribution in [-0.4, -0.2) is 11.5 Å². The average molecular weight is 132 g/mol. The third-order valence-corrected chi connectivity index (χ3v) is 2.52. The first-order chi connectivity index (χ1) is 3.81. The van der Waals surface area contributed by atoms with E-state index >= 15 is 0 Å². The summed E-state index contributed by atoms with van der Waals surface area (Å²) >= 11 is 2.04. The second-order valence-corrected chi connectivity index (χ2v) is 3.49. The normalized spacial score (nSPS) is 13.9. The molecule has 0 aromatic carbocycles. The molecule has 50 valence electrons. The van der Waals surface area contributed by atoms with Crippen molar-refractivity contribution < 1.29 is 0 Å². The number of thioether (sulfide) groups is 1. The summed E-state index contributed by atoms with van der Waals surface area (Å²) in [4.78, 5) is 0. The van der Waals surface area contributed by atoms with Gasteiger partial charge in [-0.1, -0.05) is 27.2 Å². The van der Waals surface area contributed by atoms with Gasteiger partial charge in [-0.2, -0.15) is 11.8 Å². The minimum Gasteiger partial charge on any atom is -0.162 e. The SMILES string of the molecule is CCSC[C@@H](C)CC. The molecule has 0 aliphatic heterocycles. The van der Waals surface area contributed by atoms with Gasteiger partial charge in [0.1, 0.15) is 0 Å². The Balaban J connectivity index is 2.86. The lowest BCUT2D eigenvalue weighted by Crippen LogP contribution is -1.94. The lowest BCUT2D eigenvalue weighted by atomic mass is 10.2. The molecule has 0 radical (unpaired) electrons. The van der Waals surface area contributed by atoms with Crippen molar-refractivity contribution in [3.8, 4) is 0 Å². The molecule has 1 heteroatoms. The monoisotopic (exact) mass is 132 g/mol. The van der Waals surface area contributed by atoms with Crippen LogP contribution in [0.4, 0.5) is 0 Å². The van der Waals surface area contributed by atoms with Crippen LogP contribution >= 0.6 is 11.8 Å². The van der Waals surface area contributed by atoms with Gasteiger partial charge in [-0.25, -0.2) is 0 Å². The standard InChI is InChI=1S/C7H16S/c1-4-7(3)6-8-5-2/h7H,4-6H2,1-3H3/t7-/m0/s1. The second kappa shape index (κ2) is 5.49. The topological polar surface area (TPSA) is 0 Å². The molecule has 0 heterocycles. The maximum Gasteiger partial charge on any atom is -0.00420 e. The first kappa shape index (κ1) is 8.35. The van der Waals surface area contributed by atoms with Gasteiger partial charge in [0, 0.05) is 0 Å². The van der Waals surface area contributed by atoms with E-state index in [1.165, 1.54) is 17.9 Å². The molecule has 0 amide bonds. The zero-order valence-electron chi connectivity index (χ0n) is 6.11. The van der Waals surface area contributed by atoms with Crippen molar-refractivity contribution in [3.63, 3.8) is 0 Å². The summed E-state index contributed by atoms with van der Waals surface area (Å²) in [6.07, 6.45) is 1.33. The minimum atomic E-state index is 0.917. The van der Waals surface area contributed by atoms with Gasteiger partial charge < -0.3 is 0 Å². The Kier molecular flexibility index (Phi) is 5.73. The molecule has 0 spiro atoms. The fourth-order valence-electron chi connectivity index (χ4n) is 0.437. The maximum atomic E-state index is 2.31. The molecule has 0 aliphatic carbocycles. The van der Waals surface area contributed by atoms with E-state index in [9.17, 15) is 0 Å². The minimum absolute atomic E-state index is 0.917. The molecule has 0 rings (SSSR count). The van der Waals surface area contributed by atoms with Gasteiger partial charge in [0.2, 0.25) is 0 Å².